The van der Waals surface area contributed by atoms with Crippen LogP contribution in [-0.4, -0.2) is 22.1 Å². The fourth-order valence-corrected chi connectivity index (χ4v) is 1.88. The minimum absolute atomic E-state index is 0.272. The van der Waals surface area contributed by atoms with E-state index in [0.717, 1.165) is 6.42 Å². The van der Waals surface area contributed by atoms with Crippen molar-refractivity contribution in [3.05, 3.63) is 11.1 Å². The first-order valence-electron chi connectivity index (χ1n) is 5.00. The number of hydrogen-bond acceptors (Lipinski definition) is 4. The Kier molecular flexibility index (Phi) is 4.08. The van der Waals surface area contributed by atoms with E-state index in [0.29, 0.717) is 17.1 Å². The van der Waals surface area contributed by atoms with Gasteiger partial charge in [0.25, 0.3) is 0 Å². The van der Waals surface area contributed by atoms with Crippen LogP contribution in [0.4, 0.5) is 5.13 Å². The molecule has 0 radical (unpaired) electrons. The Hall–Kier alpha value is -1.10. The molecule has 1 rings (SSSR count). The fourth-order valence-electron chi connectivity index (χ4n) is 1.13. The van der Waals surface area contributed by atoms with Gasteiger partial charge in [0.1, 0.15) is 4.88 Å². The number of nitrogens with zero attached hydrogens (tertiary/aromatic N) is 1. The van der Waals surface area contributed by atoms with Crippen molar-refractivity contribution in [2.45, 2.75) is 33.2 Å². The van der Waals surface area contributed by atoms with Crippen LogP contribution in [0.25, 0.3) is 0 Å². The molecule has 2 N–H and O–H groups in total. The monoisotopic (exact) mass is 228 g/mol. The van der Waals surface area contributed by atoms with E-state index in [-0.39, 0.29) is 4.88 Å². The summed E-state index contributed by atoms with van der Waals surface area (Å²) < 4.78 is 0. The topological polar surface area (TPSA) is 62.2 Å². The smallest absolute Gasteiger partial charge is 0.347 e. The van der Waals surface area contributed by atoms with Gasteiger partial charge in [-0.2, -0.15) is 0 Å². The first-order valence-corrected chi connectivity index (χ1v) is 5.82. The summed E-state index contributed by atoms with van der Waals surface area (Å²) >= 11 is 1.18. The normalized spacial score (nSPS) is 14.6. The van der Waals surface area contributed by atoms with Crippen LogP contribution in [0.5, 0.6) is 0 Å². The average molecular weight is 228 g/mol. The zero-order valence-corrected chi connectivity index (χ0v) is 9.97. The third-order valence-corrected chi connectivity index (χ3v) is 3.48. The molecule has 5 heteroatoms. The molecule has 0 saturated heterocycles. The second-order valence-corrected chi connectivity index (χ2v) is 4.68. The highest BCUT2D eigenvalue weighted by atomic mass is 32.1. The van der Waals surface area contributed by atoms with Crippen molar-refractivity contribution in [3.8, 4) is 0 Å². The highest BCUT2D eigenvalue weighted by molar-refractivity contribution is 7.17. The molecule has 0 aromatic carbocycles. The maximum absolute atomic E-state index is 10.6. The molecule has 0 aliphatic rings. The molecule has 0 fully saturated rings. The first-order chi connectivity index (χ1) is 7.04. The van der Waals surface area contributed by atoms with Crippen LogP contribution in [0.15, 0.2) is 6.20 Å². The standard InChI is InChI=1S/C10H16N2O2S/c1-4-6(2)7(3)12-10-11-5-8(15-10)9(13)14/h5-7H,4H2,1-3H3,(H,11,12)(H,13,14). The zero-order chi connectivity index (χ0) is 11.4. The molecule has 84 valence electrons. The molecule has 0 amide bonds. The summed E-state index contributed by atoms with van der Waals surface area (Å²) in [4.78, 5) is 14.9. The van der Waals surface area contributed by atoms with Crippen LogP contribution >= 0.6 is 11.3 Å². The number of thiazole rings is 1. The number of carboxylic acids is 1. The van der Waals surface area contributed by atoms with Gasteiger partial charge in [-0.05, 0) is 12.8 Å². The molecular weight excluding hydrogens is 212 g/mol. The Balaban J connectivity index is 2.61. The molecule has 1 heterocycles. The largest absolute Gasteiger partial charge is 0.477 e. The number of rotatable bonds is 5. The Morgan fingerprint density at radius 2 is 2.33 bits per heavy atom. The quantitative estimate of drug-likeness (QED) is 0.813. The predicted molar refractivity (Wildman–Crippen MR) is 61.6 cm³/mol. The molecular formula is C10H16N2O2S. The summed E-state index contributed by atoms with van der Waals surface area (Å²) in [7, 11) is 0. The maximum Gasteiger partial charge on any atom is 0.347 e. The van der Waals surface area contributed by atoms with Crippen molar-refractivity contribution in [3.63, 3.8) is 0 Å². The van der Waals surface area contributed by atoms with Crippen molar-refractivity contribution in [2.24, 2.45) is 5.92 Å². The molecule has 0 aliphatic carbocycles. The lowest BCUT2D eigenvalue weighted by Crippen LogP contribution is -2.22. The van der Waals surface area contributed by atoms with Crippen LogP contribution < -0.4 is 5.32 Å². The summed E-state index contributed by atoms with van der Waals surface area (Å²) in [6, 6.07) is 0.308. The number of aromatic carboxylic acids is 1. The number of carboxylic acid groups (broad SMARTS) is 1. The van der Waals surface area contributed by atoms with E-state index in [9.17, 15) is 4.79 Å². The Bertz CT molecular complexity index is 338. The van der Waals surface area contributed by atoms with E-state index in [1.165, 1.54) is 17.5 Å². The van der Waals surface area contributed by atoms with Gasteiger partial charge in [0.05, 0.1) is 6.20 Å². The highest BCUT2D eigenvalue weighted by Crippen LogP contribution is 2.20. The number of anilines is 1. The third kappa shape index (κ3) is 3.20. The lowest BCUT2D eigenvalue weighted by molar-refractivity contribution is 0.0702. The summed E-state index contributed by atoms with van der Waals surface area (Å²) in [5.74, 6) is -0.376. The molecule has 0 saturated carbocycles. The summed E-state index contributed by atoms with van der Waals surface area (Å²) in [5, 5.41) is 12.6. The minimum Gasteiger partial charge on any atom is -0.477 e. The average Bonchev–Trinajstić information content (AvgIpc) is 2.65. The number of hydrogen-bond donors (Lipinski definition) is 2. The molecule has 4 nitrogen and oxygen atoms in total. The molecule has 2 unspecified atom stereocenters. The van der Waals surface area contributed by atoms with E-state index in [4.69, 9.17) is 5.11 Å². The zero-order valence-electron chi connectivity index (χ0n) is 9.15. The molecule has 2 atom stereocenters. The molecule has 0 bridgehead atoms. The SMILES string of the molecule is CCC(C)C(C)Nc1ncc(C(=O)O)s1. The van der Waals surface area contributed by atoms with Crippen LogP contribution in [0.1, 0.15) is 36.9 Å². The van der Waals surface area contributed by atoms with Crippen molar-refractivity contribution in [1.29, 1.82) is 0 Å². The Morgan fingerprint density at radius 1 is 1.67 bits per heavy atom. The summed E-state index contributed by atoms with van der Waals surface area (Å²) in [6.07, 6.45) is 2.48. The maximum atomic E-state index is 10.6. The predicted octanol–water partition coefficient (Wildman–Crippen LogP) is 2.69. The number of aromatic nitrogens is 1. The van der Waals surface area contributed by atoms with Gasteiger partial charge in [-0.25, -0.2) is 9.78 Å². The van der Waals surface area contributed by atoms with Crippen LogP contribution in [0.3, 0.4) is 0 Å². The Morgan fingerprint density at radius 3 is 2.80 bits per heavy atom. The lowest BCUT2D eigenvalue weighted by Gasteiger charge is -2.18. The third-order valence-electron chi connectivity index (χ3n) is 2.57. The lowest BCUT2D eigenvalue weighted by atomic mass is 10.0. The van der Waals surface area contributed by atoms with Gasteiger partial charge in [0.15, 0.2) is 5.13 Å². The van der Waals surface area contributed by atoms with Gasteiger partial charge in [-0.1, -0.05) is 31.6 Å². The first kappa shape index (κ1) is 12.0. The van der Waals surface area contributed by atoms with Gasteiger partial charge in [-0.15, -0.1) is 0 Å². The van der Waals surface area contributed by atoms with Gasteiger partial charge in [0.2, 0.25) is 0 Å². The van der Waals surface area contributed by atoms with Crippen molar-refractivity contribution in [2.75, 3.05) is 5.32 Å². The highest BCUT2D eigenvalue weighted by Gasteiger charge is 2.13. The number of nitrogens with one attached hydrogen (secondary N) is 1. The van der Waals surface area contributed by atoms with Gasteiger partial charge < -0.3 is 10.4 Å². The number of carbonyl (C=O) groups is 1. The van der Waals surface area contributed by atoms with Crippen LogP contribution in [-0.2, 0) is 0 Å². The second-order valence-electron chi connectivity index (χ2n) is 3.65. The molecule has 0 aliphatic heterocycles. The van der Waals surface area contributed by atoms with Gasteiger partial charge in [-0.3, -0.25) is 0 Å². The van der Waals surface area contributed by atoms with Crippen molar-refractivity contribution >= 4 is 22.4 Å². The van der Waals surface area contributed by atoms with Gasteiger partial charge in [0, 0.05) is 6.04 Å². The Labute approximate surface area is 93.4 Å². The van der Waals surface area contributed by atoms with E-state index < -0.39 is 5.97 Å². The molecule has 0 spiro atoms. The van der Waals surface area contributed by atoms with E-state index in [1.54, 1.807) is 0 Å². The molecule has 15 heavy (non-hydrogen) atoms. The summed E-state index contributed by atoms with van der Waals surface area (Å²) in [6.45, 7) is 6.37. The van der Waals surface area contributed by atoms with E-state index >= 15 is 0 Å². The van der Waals surface area contributed by atoms with Gasteiger partial charge >= 0.3 is 5.97 Å². The van der Waals surface area contributed by atoms with Crippen molar-refractivity contribution < 1.29 is 9.90 Å². The molecule has 1 aromatic rings. The van der Waals surface area contributed by atoms with E-state index in [1.807, 2.05) is 0 Å². The fraction of sp³-hybridized carbons (Fsp3) is 0.600. The minimum atomic E-state index is -0.920. The second kappa shape index (κ2) is 5.11. The molecule has 1 aromatic heterocycles. The van der Waals surface area contributed by atoms with Crippen LogP contribution in [0.2, 0.25) is 0 Å². The van der Waals surface area contributed by atoms with E-state index in [2.05, 4.69) is 31.1 Å². The van der Waals surface area contributed by atoms with Crippen LogP contribution in [0, 0.1) is 5.92 Å². The van der Waals surface area contributed by atoms with Crippen molar-refractivity contribution in [1.82, 2.24) is 4.98 Å². The summed E-state index contributed by atoms with van der Waals surface area (Å²) in [5.41, 5.74) is 0.